The van der Waals surface area contributed by atoms with E-state index in [9.17, 15) is 61.8 Å². The summed E-state index contributed by atoms with van der Waals surface area (Å²) in [4.78, 5) is 12.3. The number of unbranched alkanes of at least 4 members (excludes halogenated alkanes) is 2. The van der Waals surface area contributed by atoms with Gasteiger partial charge in [0.15, 0.2) is 5.71 Å². The standard InChI is InChI=1S/C40H58N2O17S4/c1-39(17-8-26-60(45,46)47)32-28-30(62(51,52)53)13-15-34(32)41(19-6-4-5-12-38(43)44)36(39)10-7-11-37-40(2,18-9-27-61(48,49)50)33-29-31(63(54,55)56)14-16-35(33)42(37)20-21-58-24-25-59-23-22-57-3/h7,10,13-16,28-29,37H,4-6,8-9,11-12,17-27H2,1-3H3,(H4-,43,44,45,46,47,48,49,50,51,52,53,54,55,56)/p-2/b10-7+. The molecular weight excluding hydrogens is 909 g/mol. The molecule has 2 aromatic rings. The molecule has 3 atom stereocenters. The van der Waals surface area contributed by atoms with E-state index in [-0.39, 0.29) is 64.9 Å². The zero-order chi connectivity index (χ0) is 46.9. The fourth-order valence-electron chi connectivity index (χ4n) is 8.61. The lowest BCUT2D eigenvalue weighted by Gasteiger charge is -2.37. The van der Waals surface area contributed by atoms with Crippen molar-refractivity contribution in [3.63, 3.8) is 0 Å². The second-order valence-electron chi connectivity index (χ2n) is 16.1. The number of nitrogens with zero attached hydrogens (tertiary/aromatic N) is 2. The van der Waals surface area contributed by atoms with E-state index >= 15 is 0 Å². The van der Waals surface area contributed by atoms with Crippen molar-refractivity contribution in [1.82, 2.24) is 0 Å². The van der Waals surface area contributed by atoms with Crippen molar-refractivity contribution in [2.24, 2.45) is 0 Å². The second-order valence-corrected chi connectivity index (χ2v) is 21.9. The molecular formula is C40H56N2O17S4-2. The van der Waals surface area contributed by atoms with Crippen LogP contribution in [0.4, 0.5) is 11.4 Å². The minimum Gasteiger partial charge on any atom is -0.748 e. The number of hydrogen-bond donors (Lipinski definition) is 2. The van der Waals surface area contributed by atoms with Gasteiger partial charge in [0.25, 0.3) is 10.1 Å². The summed E-state index contributed by atoms with van der Waals surface area (Å²) in [6, 6.07) is 7.44. The van der Waals surface area contributed by atoms with E-state index in [2.05, 4.69) is 0 Å². The molecule has 2 aliphatic rings. The number of carbonyl (C=O) groups is 1. The summed E-state index contributed by atoms with van der Waals surface area (Å²) < 4.78 is 160. The first-order valence-corrected chi connectivity index (χ1v) is 26.4. The Balaban J connectivity index is 1.83. The van der Waals surface area contributed by atoms with Gasteiger partial charge in [0, 0.05) is 72.9 Å². The van der Waals surface area contributed by atoms with Crippen LogP contribution in [0.15, 0.2) is 58.3 Å². The van der Waals surface area contributed by atoms with Crippen LogP contribution in [0.2, 0.25) is 0 Å². The van der Waals surface area contributed by atoms with Crippen LogP contribution >= 0.6 is 0 Å². The fraction of sp³-hybridized carbons (Fsp3) is 0.600. The van der Waals surface area contributed by atoms with Crippen LogP contribution in [-0.4, -0.2) is 144 Å². The van der Waals surface area contributed by atoms with Crippen LogP contribution in [0.1, 0.15) is 82.8 Å². The highest BCUT2D eigenvalue weighted by Gasteiger charge is 2.49. The van der Waals surface area contributed by atoms with E-state index in [1.54, 1.807) is 27.0 Å². The summed E-state index contributed by atoms with van der Waals surface area (Å²) in [5.74, 6) is -2.37. The molecule has 354 valence electrons. The number of carboxylic acid groups (broad SMARTS) is 1. The van der Waals surface area contributed by atoms with Crippen molar-refractivity contribution in [3.8, 4) is 0 Å². The predicted molar refractivity (Wildman–Crippen MR) is 227 cm³/mol. The van der Waals surface area contributed by atoms with Gasteiger partial charge in [-0.15, -0.1) is 0 Å². The third-order valence-electron chi connectivity index (χ3n) is 11.6. The molecule has 0 spiro atoms. The first-order valence-electron chi connectivity index (χ1n) is 20.4. The van der Waals surface area contributed by atoms with Crippen LogP contribution in [0.5, 0.6) is 0 Å². The first-order chi connectivity index (χ1) is 29.3. The molecule has 0 amide bonds. The maximum Gasteiger partial charge on any atom is 0.303 e. The number of rotatable bonds is 28. The first kappa shape index (κ1) is 52.3. The molecule has 0 aromatic heterocycles. The van der Waals surface area contributed by atoms with E-state index in [0.29, 0.717) is 67.2 Å². The minimum atomic E-state index is -4.93. The van der Waals surface area contributed by atoms with E-state index in [1.807, 2.05) is 15.6 Å². The average Bonchev–Trinajstić information content (AvgIpc) is 3.53. The summed E-state index contributed by atoms with van der Waals surface area (Å²) >= 11 is 0. The monoisotopic (exact) mass is 964 g/mol. The van der Waals surface area contributed by atoms with Crippen molar-refractivity contribution in [3.05, 3.63) is 59.7 Å². The van der Waals surface area contributed by atoms with Crippen LogP contribution in [0.3, 0.4) is 0 Å². The molecule has 0 saturated heterocycles. The van der Waals surface area contributed by atoms with Gasteiger partial charge in [-0.1, -0.05) is 13.0 Å². The SMILES string of the molecule is COCCOCCOCCN1c2ccc(S(=O)(=O)[O-])cc2C(C)(CCCS(=O)(=O)[O-])C1C/C=C/C1=[N+](CCCCCC(=O)O)c2ccc(S(=O)(=O)O)cc2C1(C)CCCS(=O)(=O)[O-]. The highest BCUT2D eigenvalue weighted by atomic mass is 32.2. The number of methoxy groups -OCH3 is 1. The van der Waals surface area contributed by atoms with Gasteiger partial charge in [0.05, 0.1) is 68.5 Å². The smallest absolute Gasteiger partial charge is 0.303 e. The Morgan fingerprint density at radius 2 is 1.40 bits per heavy atom. The van der Waals surface area contributed by atoms with Crippen molar-refractivity contribution < 1.29 is 80.6 Å². The Kier molecular flexibility index (Phi) is 18.0. The summed E-state index contributed by atoms with van der Waals surface area (Å²) in [6.07, 6.45) is 5.02. The van der Waals surface area contributed by atoms with Crippen molar-refractivity contribution in [2.45, 2.75) is 98.3 Å². The fourth-order valence-corrected chi connectivity index (χ4v) is 10.6. The molecule has 2 aliphatic heterocycles. The Morgan fingerprint density at radius 3 is 2.00 bits per heavy atom. The largest absolute Gasteiger partial charge is 0.748 e. The Labute approximate surface area is 370 Å². The Hall–Kier alpha value is -3.36. The zero-order valence-electron chi connectivity index (χ0n) is 35.5. The number of benzene rings is 2. The quantitative estimate of drug-likeness (QED) is 0.0702. The van der Waals surface area contributed by atoms with Gasteiger partial charge in [0.2, 0.25) is 5.69 Å². The summed E-state index contributed by atoms with van der Waals surface area (Å²) in [7, 11) is -17.4. The molecule has 0 radical (unpaired) electrons. The maximum absolute atomic E-state index is 12.4. The van der Waals surface area contributed by atoms with Gasteiger partial charge in [-0.2, -0.15) is 13.0 Å². The molecule has 0 aliphatic carbocycles. The van der Waals surface area contributed by atoms with Gasteiger partial charge in [-0.05, 0) is 87.8 Å². The summed E-state index contributed by atoms with van der Waals surface area (Å²) in [5.41, 5.74) is 0.342. The lowest BCUT2D eigenvalue weighted by atomic mass is 9.73. The Morgan fingerprint density at radius 1 is 0.794 bits per heavy atom. The molecule has 2 aromatic carbocycles. The van der Waals surface area contributed by atoms with E-state index in [1.165, 1.54) is 36.4 Å². The molecule has 23 heteroatoms. The average molecular weight is 965 g/mol. The highest BCUT2D eigenvalue weighted by molar-refractivity contribution is 7.86. The predicted octanol–water partition coefficient (Wildman–Crippen LogP) is 3.26. The highest BCUT2D eigenvalue weighted by Crippen LogP contribution is 2.50. The number of fused-ring (bicyclic) bond motifs is 2. The van der Waals surface area contributed by atoms with Crippen LogP contribution in [-0.2, 0) is 70.3 Å². The van der Waals surface area contributed by atoms with Crippen molar-refractivity contribution in [1.29, 1.82) is 0 Å². The number of allylic oxidation sites excluding steroid dienone is 1. The van der Waals surface area contributed by atoms with E-state index in [4.69, 9.17) is 14.2 Å². The van der Waals surface area contributed by atoms with Crippen molar-refractivity contribution >= 4 is 63.5 Å². The number of aliphatic carboxylic acids is 1. The summed E-state index contributed by atoms with van der Waals surface area (Å²) in [5, 5.41) is 9.18. The topological polar surface area (TPSA) is 297 Å². The number of anilines is 1. The molecule has 4 rings (SSSR count). The molecule has 0 saturated carbocycles. The number of ether oxygens (including phenoxy) is 3. The molecule has 19 nitrogen and oxygen atoms in total. The van der Waals surface area contributed by atoms with E-state index < -0.39 is 84.6 Å². The molecule has 3 unspecified atom stereocenters. The normalized spacial score (nSPS) is 20.5. The third kappa shape index (κ3) is 14.3. The maximum atomic E-state index is 12.4. The Bertz CT molecular complexity index is 2460. The van der Waals surface area contributed by atoms with Crippen LogP contribution in [0.25, 0.3) is 0 Å². The van der Waals surface area contributed by atoms with Gasteiger partial charge in [-0.25, -0.2) is 25.3 Å². The zero-order valence-corrected chi connectivity index (χ0v) is 38.7. The summed E-state index contributed by atoms with van der Waals surface area (Å²) in [6.45, 7) is 5.54. The molecule has 63 heavy (non-hydrogen) atoms. The number of hydrogen-bond acceptors (Lipinski definition) is 16. The van der Waals surface area contributed by atoms with Gasteiger partial charge in [0.1, 0.15) is 16.7 Å². The molecule has 0 fully saturated rings. The lowest BCUT2D eigenvalue weighted by Crippen LogP contribution is -2.44. The lowest BCUT2D eigenvalue weighted by molar-refractivity contribution is -0.438. The van der Waals surface area contributed by atoms with Gasteiger partial charge < -0.3 is 37.9 Å². The number of carboxylic acids is 1. The molecule has 2 heterocycles. The van der Waals surface area contributed by atoms with Crippen molar-refractivity contribution in [2.75, 3.05) is 69.6 Å². The van der Waals surface area contributed by atoms with Crippen LogP contribution < -0.4 is 4.90 Å². The molecule has 2 N–H and O–H groups in total. The third-order valence-corrected chi connectivity index (χ3v) is 14.9. The second kappa shape index (κ2) is 21.8. The van der Waals surface area contributed by atoms with E-state index in [0.717, 1.165) is 0 Å². The minimum absolute atomic E-state index is 0.0485. The van der Waals surface area contributed by atoms with Gasteiger partial charge in [-0.3, -0.25) is 9.35 Å². The van der Waals surface area contributed by atoms with Gasteiger partial charge >= 0.3 is 5.97 Å². The van der Waals surface area contributed by atoms with Crippen LogP contribution in [0, 0.1) is 0 Å². The molecule has 0 bridgehead atoms.